The van der Waals surface area contributed by atoms with E-state index in [-0.39, 0.29) is 5.69 Å². The summed E-state index contributed by atoms with van der Waals surface area (Å²) in [4.78, 5) is 13.1. The SMILES string of the molecule is O=c1n(-c2ccc(OCCN[C@H]3C[C@@H]3c3ccccc3)cc2)ccn1-c1ccc(Oc2ccccc2)cc1. The molecule has 0 unspecified atom stereocenters. The Balaban J connectivity index is 1.02. The molecule has 190 valence electrons. The Morgan fingerprint density at radius 3 is 1.87 bits per heavy atom. The molecule has 6 heteroatoms. The van der Waals surface area contributed by atoms with Crippen molar-refractivity contribution in [2.24, 2.45) is 0 Å². The van der Waals surface area contributed by atoms with Gasteiger partial charge in [0.05, 0.1) is 11.4 Å². The summed E-state index contributed by atoms with van der Waals surface area (Å²) in [7, 11) is 0. The number of nitrogens with zero attached hydrogens (tertiary/aromatic N) is 2. The van der Waals surface area contributed by atoms with Gasteiger partial charge in [0, 0.05) is 30.9 Å². The number of aromatic nitrogens is 2. The van der Waals surface area contributed by atoms with Crippen molar-refractivity contribution in [2.75, 3.05) is 13.2 Å². The number of hydrogen-bond donors (Lipinski definition) is 1. The second kappa shape index (κ2) is 10.8. The van der Waals surface area contributed by atoms with Crippen molar-refractivity contribution in [1.82, 2.24) is 14.5 Å². The molecule has 1 fully saturated rings. The number of ether oxygens (including phenoxy) is 2. The van der Waals surface area contributed by atoms with Crippen molar-refractivity contribution in [3.8, 4) is 28.6 Å². The first-order chi connectivity index (χ1) is 18.7. The molecule has 0 amide bonds. The van der Waals surface area contributed by atoms with Crippen LogP contribution in [0.1, 0.15) is 17.9 Å². The topological polar surface area (TPSA) is 57.4 Å². The summed E-state index contributed by atoms with van der Waals surface area (Å²) in [6, 6.07) is 35.9. The third-order valence-corrected chi connectivity index (χ3v) is 6.78. The Labute approximate surface area is 221 Å². The van der Waals surface area contributed by atoms with Crippen molar-refractivity contribution in [1.29, 1.82) is 0 Å². The highest BCUT2D eigenvalue weighted by molar-refractivity contribution is 5.41. The van der Waals surface area contributed by atoms with E-state index in [1.807, 2.05) is 78.9 Å². The van der Waals surface area contributed by atoms with Crippen molar-refractivity contribution < 1.29 is 9.47 Å². The van der Waals surface area contributed by atoms with Crippen molar-refractivity contribution in [3.63, 3.8) is 0 Å². The molecule has 0 bridgehead atoms. The van der Waals surface area contributed by atoms with E-state index in [1.54, 1.807) is 21.5 Å². The minimum absolute atomic E-state index is 0.142. The third-order valence-electron chi connectivity index (χ3n) is 6.78. The first kappa shape index (κ1) is 23.8. The molecule has 0 radical (unpaired) electrons. The van der Waals surface area contributed by atoms with Gasteiger partial charge in [-0.15, -0.1) is 0 Å². The highest BCUT2D eigenvalue weighted by Crippen LogP contribution is 2.40. The van der Waals surface area contributed by atoms with E-state index in [0.717, 1.165) is 29.4 Å². The van der Waals surface area contributed by atoms with Crippen molar-refractivity contribution in [2.45, 2.75) is 18.4 Å². The largest absolute Gasteiger partial charge is 0.492 e. The number of hydrogen-bond acceptors (Lipinski definition) is 4. The Morgan fingerprint density at radius 2 is 1.24 bits per heavy atom. The maximum atomic E-state index is 13.1. The van der Waals surface area contributed by atoms with Crippen LogP contribution in [0, 0.1) is 0 Å². The van der Waals surface area contributed by atoms with Gasteiger partial charge in [0.25, 0.3) is 0 Å². The minimum Gasteiger partial charge on any atom is -0.492 e. The van der Waals surface area contributed by atoms with Gasteiger partial charge in [0.2, 0.25) is 0 Å². The van der Waals surface area contributed by atoms with Crippen LogP contribution in [0.15, 0.2) is 126 Å². The zero-order chi connectivity index (χ0) is 25.7. The fraction of sp³-hybridized carbons (Fsp3) is 0.156. The minimum atomic E-state index is -0.142. The number of para-hydroxylation sites is 1. The molecule has 1 aliphatic carbocycles. The van der Waals surface area contributed by atoms with E-state index < -0.39 is 0 Å². The number of imidazole rings is 1. The van der Waals surface area contributed by atoms with E-state index in [0.29, 0.717) is 24.3 Å². The molecule has 0 spiro atoms. The number of rotatable bonds is 10. The molecule has 0 saturated heterocycles. The van der Waals surface area contributed by atoms with Gasteiger partial charge in [-0.1, -0.05) is 48.5 Å². The molecular weight excluding hydrogens is 474 g/mol. The monoisotopic (exact) mass is 503 g/mol. The Bertz CT molecular complexity index is 1530. The van der Waals surface area contributed by atoms with Gasteiger partial charge in [0.1, 0.15) is 23.9 Å². The van der Waals surface area contributed by atoms with E-state index in [2.05, 4.69) is 35.6 Å². The lowest BCUT2D eigenvalue weighted by Crippen LogP contribution is -2.24. The van der Waals surface area contributed by atoms with Crippen LogP contribution in [0.5, 0.6) is 17.2 Å². The first-order valence-corrected chi connectivity index (χ1v) is 12.9. The maximum absolute atomic E-state index is 13.1. The van der Waals surface area contributed by atoms with Crippen LogP contribution < -0.4 is 20.5 Å². The average Bonchev–Trinajstić information content (AvgIpc) is 3.65. The van der Waals surface area contributed by atoms with E-state index >= 15 is 0 Å². The second-order valence-corrected chi connectivity index (χ2v) is 9.39. The third kappa shape index (κ3) is 5.41. The zero-order valence-corrected chi connectivity index (χ0v) is 20.9. The molecule has 1 saturated carbocycles. The molecule has 4 aromatic carbocycles. The molecule has 5 aromatic rings. The Kier molecular flexibility index (Phi) is 6.79. The zero-order valence-electron chi connectivity index (χ0n) is 20.9. The van der Waals surface area contributed by atoms with Gasteiger partial charge in [0.15, 0.2) is 0 Å². The second-order valence-electron chi connectivity index (χ2n) is 9.39. The summed E-state index contributed by atoms with van der Waals surface area (Å²) in [6.07, 6.45) is 4.72. The smallest absolute Gasteiger partial charge is 0.337 e. The lowest BCUT2D eigenvalue weighted by molar-refractivity contribution is 0.313. The normalized spacial score (nSPS) is 16.2. The van der Waals surface area contributed by atoms with Crippen LogP contribution in [0.3, 0.4) is 0 Å². The van der Waals surface area contributed by atoms with E-state index in [1.165, 1.54) is 12.0 Å². The van der Waals surface area contributed by atoms with Gasteiger partial charge in [-0.2, -0.15) is 0 Å². The van der Waals surface area contributed by atoms with Crippen LogP contribution in [0.4, 0.5) is 0 Å². The van der Waals surface area contributed by atoms with Crippen LogP contribution in [-0.2, 0) is 0 Å². The van der Waals surface area contributed by atoms with Gasteiger partial charge in [-0.25, -0.2) is 4.79 Å². The lowest BCUT2D eigenvalue weighted by Gasteiger charge is -2.09. The van der Waals surface area contributed by atoms with E-state index in [9.17, 15) is 4.79 Å². The van der Waals surface area contributed by atoms with Crippen molar-refractivity contribution in [3.05, 3.63) is 138 Å². The lowest BCUT2D eigenvalue weighted by atomic mass is 10.1. The van der Waals surface area contributed by atoms with Gasteiger partial charge in [-0.3, -0.25) is 9.13 Å². The molecule has 1 N–H and O–H groups in total. The summed E-state index contributed by atoms with van der Waals surface area (Å²) < 4.78 is 15.0. The standard InChI is InChI=1S/C32H29N3O3/c36-32-34(20-21-35(32)26-13-17-29(18-14-26)38-28-9-5-2-6-10-28)25-11-15-27(16-12-25)37-22-19-33-31-23-30(31)24-7-3-1-4-8-24/h1-18,20-21,30-31,33H,19,22-23H2/t30-,31+/m1/s1. The molecule has 1 aromatic heterocycles. The molecule has 1 aliphatic rings. The number of benzene rings is 4. The summed E-state index contributed by atoms with van der Waals surface area (Å²) >= 11 is 0. The quantitative estimate of drug-likeness (QED) is 0.240. The summed E-state index contributed by atoms with van der Waals surface area (Å²) in [5, 5.41) is 3.57. The van der Waals surface area contributed by atoms with Gasteiger partial charge >= 0.3 is 5.69 Å². The fourth-order valence-electron chi connectivity index (χ4n) is 4.67. The molecule has 38 heavy (non-hydrogen) atoms. The predicted molar refractivity (Wildman–Crippen MR) is 149 cm³/mol. The van der Waals surface area contributed by atoms with Crippen LogP contribution in [0.25, 0.3) is 11.4 Å². The van der Waals surface area contributed by atoms with Crippen LogP contribution in [-0.4, -0.2) is 28.3 Å². The molecule has 6 nitrogen and oxygen atoms in total. The summed E-state index contributed by atoms with van der Waals surface area (Å²) in [5.74, 6) is 2.88. The molecule has 0 aliphatic heterocycles. The maximum Gasteiger partial charge on any atom is 0.337 e. The fourth-order valence-corrected chi connectivity index (χ4v) is 4.67. The summed E-state index contributed by atoms with van der Waals surface area (Å²) in [5.41, 5.74) is 2.82. The van der Waals surface area contributed by atoms with Gasteiger partial charge < -0.3 is 14.8 Å². The summed E-state index contributed by atoms with van der Waals surface area (Å²) in [6.45, 7) is 1.39. The van der Waals surface area contributed by atoms with Crippen LogP contribution in [0.2, 0.25) is 0 Å². The first-order valence-electron chi connectivity index (χ1n) is 12.9. The molecular formula is C32H29N3O3. The average molecular weight is 504 g/mol. The highest BCUT2D eigenvalue weighted by atomic mass is 16.5. The van der Waals surface area contributed by atoms with Crippen LogP contribution >= 0.6 is 0 Å². The Hall–Kier alpha value is -4.55. The number of nitrogens with one attached hydrogen (secondary N) is 1. The molecule has 2 atom stereocenters. The van der Waals surface area contributed by atoms with E-state index in [4.69, 9.17) is 9.47 Å². The van der Waals surface area contributed by atoms with Gasteiger partial charge in [-0.05, 0) is 72.6 Å². The van der Waals surface area contributed by atoms with Crippen molar-refractivity contribution >= 4 is 0 Å². The highest BCUT2D eigenvalue weighted by Gasteiger charge is 2.37. The Morgan fingerprint density at radius 1 is 0.684 bits per heavy atom. The predicted octanol–water partition coefficient (Wildman–Crippen LogP) is 5.95. The molecule has 1 heterocycles. The molecule has 6 rings (SSSR count).